The molecule has 0 fully saturated rings. The van der Waals surface area contributed by atoms with E-state index in [1.165, 1.54) is 23.7 Å². The number of hydrogen-bond acceptors (Lipinski definition) is 8. The van der Waals surface area contributed by atoms with E-state index in [1.54, 1.807) is 31.4 Å². The van der Waals surface area contributed by atoms with Gasteiger partial charge < -0.3 is 15.0 Å². The number of methoxy groups -OCH3 is 1. The topological polar surface area (TPSA) is 123 Å². The molecule has 10 heteroatoms. The summed E-state index contributed by atoms with van der Waals surface area (Å²) in [5, 5.41) is 13.2. The van der Waals surface area contributed by atoms with Gasteiger partial charge in [0.2, 0.25) is 0 Å². The Morgan fingerprint density at radius 1 is 1.23 bits per heavy atom. The lowest BCUT2D eigenvalue weighted by Crippen LogP contribution is -2.33. The molecule has 0 radical (unpaired) electrons. The van der Waals surface area contributed by atoms with Crippen LogP contribution in [0.25, 0.3) is 11.5 Å². The third kappa shape index (κ3) is 4.48. The predicted octanol–water partition coefficient (Wildman–Crippen LogP) is 2.52. The van der Waals surface area contributed by atoms with Gasteiger partial charge in [-0.25, -0.2) is 9.97 Å². The number of carbonyl (C=O) groups is 1. The van der Waals surface area contributed by atoms with E-state index in [0.29, 0.717) is 16.5 Å². The summed E-state index contributed by atoms with van der Waals surface area (Å²) in [5.74, 6) is 0.370. The van der Waals surface area contributed by atoms with Crippen LogP contribution in [0.15, 0.2) is 59.0 Å². The molecule has 1 amide bonds. The minimum absolute atomic E-state index is 0.112. The van der Waals surface area contributed by atoms with Gasteiger partial charge in [-0.2, -0.15) is 5.10 Å². The Hall–Kier alpha value is -3.92. The van der Waals surface area contributed by atoms with E-state index in [4.69, 9.17) is 4.74 Å². The zero-order chi connectivity index (χ0) is 21.8. The summed E-state index contributed by atoms with van der Waals surface area (Å²) in [4.78, 5) is 36.8. The number of aromatic nitrogens is 5. The molecule has 1 atom stereocenters. The molecule has 4 aromatic rings. The second-order valence-corrected chi connectivity index (χ2v) is 7.48. The second kappa shape index (κ2) is 8.84. The van der Waals surface area contributed by atoms with Crippen LogP contribution >= 0.6 is 11.3 Å². The van der Waals surface area contributed by atoms with Crippen molar-refractivity contribution in [2.75, 3.05) is 7.11 Å². The summed E-state index contributed by atoms with van der Waals surface area (Å²) in [6, 6.07) is 10.1. The van der Waals surface area contributed by atoms with Crippen LogP contribution in [-0.4, -0.2) is 38.2 Å². The van der Waals surface area contributed by atoms with Crippen molar-refractivity contribution >= 4 is 17.2 Å². The molecule has 0 bridgehead atoms. The Labute approximate surface area is 181 Å². The van der Waals surface area contributed by atoms with Crippen molar-refractivity contribution < 1.29 is 9.53 Å². The first-order chi connectivity index (χ1) is 15.0. The number of benzene rings is 1. The van der Waals surface area contributed by atoms with Crippen LogP contribution in [0.4, 0.5) is 0 Å². The maximum Gasteiger partial charge on any atom is 0.264 e. The summed E-state index contributed by atoms with van der Waals surface area (Å²) in [7, 11) is 1.59. The van der Waals surface area contributed by atoms with E-state index in [1.807, 2.05) is 24.4 Å². The average molecular weight is 434 g/mol. The van der Waals surface area contributed by atoms with Crippen LogP contribution in [0.5, 0.6) is 5.75 Å². The summed E-state index contributed by atoms with van der Waals surface area (Å²) >= 11 is 1.43. The second-order valence-electron chi connectivity index (χ2n) is 6.59. The summed E-state index contributed by atoms with van der Waals surface area (Å²) < 4.78 is 5.21. The van der Waals surface area contributed by atoms with Gasteiger partial charge in [0, 0.05) is 23.5 Å². The summed E-state index contributed by atoms with van der Waals surface area (Å²) in [6.45, 7) is 1.88. The number of nitrogens with zero attached hydrogens (tertiary/aromatic N) is 4. The number of amides is 1. The monoisotopic (exact) mass is 434 g/mol. The number of ether oxygens (including phenoxy) is 1. The van der Waals surface area contributed by atoms with Gasteiger partial charge in [0.1, 0.15) is 28.1 Å². The van der Waals surface area contributed by atoms with Crippen molar-refractivity contribution in [2.45, 2.75) is 13.0 Å². The minimum atomic E-state index is -0.572. The third-order valence-electron chi connectivity index (χ3n) is 4.47. The van der Waals surface area contributed by atoms with Gasteiger partial charge in [-0.1, -0.05) is 12.1 Å². The first kappa shape index (κ1) is 20.4. The number of rotatable bonds is 6. The maximum absolute atomic E-state index is 13.0. The number of hydrogen-bond donors (Lipinski definition) is 2. The molecule has 0 saturated carbocycles. The standard InChI is InChI=1S/C21H18N6O3S/c1-12-11-31-21(24-12)17(13-5-7-14(30-2)8-6-13)25-19(28)15-10-22-18(26-20(15)29)16-4-3-9-23-27-16/h3-11,17H,1-2H3,(H,25,28)(H,22,26,29). The highest BCUT2D eigenvalue weighted by atomic mass is 32.1. The van der Waals surface area contributed by atoms with Gasteiger partial charge in [0.15, 0.2) is 5.82 Å². The number of nitrogens with one attached hydrogen (secondary N) is 2. The van der Waals surface area contributed by atoms with Crippen LogP contribution in [0.3, 0.4) is 0 Å². The Kier molecular flexibility index (Phi) is 5.80. The van der Waals surface area contributed by atoms with Crippen LogP contribution in [-0.2, 0) is 0 Å². The van der Waals surface area contributed by atoms with Crippen LogP contribution in [0, 0.1) is 6.92 Å². The Morgan fingerprint density at radius 2 is 2.03 bits per heavy atom. The van der Waals surface area contributed by atoms with Crippen LogP contribution in [0.1, 0.15) is 32.7 Å². The molecule has 0 aliphatic carbocycles. The molecule has 4 rings (SSSR count). The molecule has 31 heavy (non-hydrogen) atoms. The number of aryl methyl sites for hydroxylation is 1. The van der Waals surface area contributed by atoms with Crippen molar-refractivity contribution in [3.63, 3.8) is 0 Å². The van der Waals surface area contributed by atoms with E-state index in [0.717, 1.165) is 11.3 Å². The molecule has 2 N–H and O–H groups in total. The molecular weight excluding hydrogens is 416 g/mol. The molecule has 0 aliphatic rings. The molecule has 0 spiro atoms. The van der Waals surface area contributed by atoms with Crippen molar-refractivity contribution in [1.82, 2.24) is 30.5 Å². The van der Waals surface area contributed by atoms with Gasteiger partial charge in [0.05, 0.1) is 7.11 Å². The quantitative estimate of drug-likeness (QED) is 0.478. The zero-order valence-corrected chi connectivity index (χ0v) is 17.5. The molecule has 1 unspecified atom stereocenters. The molecule has 3 heterocycles. The minimum Gasteiger partial charge on any atom is -0.497 e. The molecule has 156 valence electrons. The maximum atomic E-state index is 13.0. The van der Waals surface area contributed by atoms with Crippen molar-refractivity contribution in [3.05, 3.63) is 86.4 Å². The van der Waals surface area contributed by atoms with E-state index < -0.39 is 17.5 Å². The number of H-pyrrole nitrogens is 1. The summed E-state index contributed by atoms with van der Waals surface area (Å²) in [5.41, 5.74) is 1.38. The van der Waals surface area contributed by atoms with Gasteiger partial charge in [0.25, 0.3) is 11.5 Å². The first-order valence-corrected chi connectivity index (χ1v) is 10.2. The lowest BCUT2D eigenvalue weighted by atomic mass is 10.1. The number of thiazole rings is 1. The Bertz CT molecular complexity index is 1250. The highest BCUT2D eigenvalue weighted by Gasteiger charge is 2.23. The third-order valence-corrected chi connectivity index (χ3v) is 5.49. The van der Waals surface area contributed by atoms with Gasteiger partial charge >= 0.3 is 0 Å². The highest BCUT2D eigenvalue weighted by molar-refractivity contribution is 7.09. The Balaban J connectivity index is 1.63. The fourth-order valence-corrected chi connectivity index (χ4v) is 3.78. The van der Waals surface area contributed by atoms with E-state index >= 15 is 0 Å². The molecule has 0 aliphatic heterocycles. The zero-order valence-electron chi connectivity index (χ0n) is 16.7. The SMILES string of the molecule is COc1ccc(C(NC(=O)c2cnc(-c3cccnn3)[nH]c2=O)c2nc(C)cs2)cc1. The van der Waals surface area contributed by atoms with Crippen LogP contribution in [0.2, 0.25) is 0 Å². The van der Waals surface area contributed by atoms with Gasteiger partial charge in [-0.15, -0.1) is 16.4 Å². The molecule has 3 aromatic heterocycles. The predicted molar refractivity (Wildman–Crippen MR) is 115 cm³/mol. The number of aromatic amines is 1. The largest absolute Gasteiger partial charge is 0.497 e. The fourth-order valence-electron chi connectivity index (χ4n) is 2.91. The summed E-state index contributed by atoms with van der Waals surface area (Å²) in [6.07, 6.45) is 2.75. The highest BCUT2D eigenvalue weighted by Crippen LogP contribution is 2.27. The van der Waals surface area contributed by atoms with Gasteiger partial charge in [-0.05, 0) is 36.8 Å². The van der Waals surface area contributed by atoms with Crippen molar-refractivity contribution in [3.8, 4) is 17.3 Å². The Morgan fingerprint density at radius 3 is 2.65 bits per heavy atom. The molecule has 0 saturated heterocycles. The van der Waals surface area contributed by atoms with Gasteiger partial charge in [-0.3, -0.25) is 9.59 Å². The number of carbonyl (C=O) groups excluding carboxylic acids is 1. The molecule has 1 aromatic carbocycles. The normalized spacial score (nSPS) is 11.7. The lowest BCUT2D eigenvalue weighted by molar-refractivity contribution is 0.0941. The first-order valence-electron chi connectivity index (χ1n) is 9.29. The lowest BCUT2D eigenvalue weighted by Gasteiger charge is -2.17. The van der Waals surface area contributed by atoms with Crippen LogP contribution < -0.4 is 15.6 Å². The van der Waals surface area contributed by atoms with E-state index in [2.05, 4.69) is 30.5 Å². The average Bonchev–Trinajstić information content (AvgIpc) is 3.24. The van der Waals surface area contributed by atoms with E-state index in [9.17, 15) is 9.59 Å². The molecular formula is C21H18N6O3S. The fraction of sp³-hybridized carbons (Fsp3) is 0.143. The molecule has 9 nitrogen and oxygen atoms in total. The van der Waals surface area contributed by atoms with E-state index in [-0.39, 0.29) is 11.4 Å². The van der Waals surface area contributed by atoms with Crippen molar-refractivity contribution in [2.24, 2.45) is 0 Å². The smallest absolute Gasteiger partial charge is 0.264 e. The van der Waals surface area contributed by atoms with Crippen molar-refractivity contribution in [1.29, 1.82) is 0 Å².